The molecule has 0 aliphatic carbocycles. The quantitative estimate of drug-likeness (QED) is 0.422. The molecule has 1 aromatic rings. The van der Waals surface area contributed by atoms with Crippen molar-refractivity contribution in [2.75, 3.05) is 13.2 Å². The van der Waals surface area contributed by atoms with Gasteiger partial charge in [-0.15, -0.1) is 0 Å². The molecule has 1 unspecified atom stereocenters. The Bertz CT molecular complexity index is 555. The van der Waals surface area contributed by atoms with Gasteiger partial charge in [0.2, 0.25) is 0 Å². The summed E-state index contributed by atoms with van der Waals surface area (Å²) < 4.78 is 9.06. The molecule has 26 heavy (non-hydrogen) atoms. The monoisotopic (exact) mass is 418 g/mol. The van der Waals surface area contributed by atoms with Crippen LogP contribution in [0.1, 0.15) is 52.5 Å². The summed E-state index contributed by atoms with van der Waals surface area (Å²) in [7, 11) is 0. The Morgan fingerprint density at radius 1 is 1.31 bits per heavy atom. The molecule has 1 atom stereocenters. The zero-order valence-electron chi connectivity index (χ0n) is 16.3. The molecule has 6 heteroatoms. The summed E-state index contributed by atoms with van der Waals surface area (Å²) in [6.45, 7) is 14.7. The molecular weight excluding hydrogens is 387 g/mol. The maximum absolute atomic E-state index is 6.05. The number of hydrogen-bond donors (Lipinski definition) is 2. The lowest BCUT2D eigenvalue weighted by Crippen LogP contribution is -2.30. The van der Waals surface area contributed by atoms with Crippen LogP contribution in [-0.4, -0.2) is 23.9 Å². The van der Waals surface area contributed by atoms with Gasteiger partial charge >= 0.3 is 0 Å². The highest BCUT2D eigenvalue weighted by atomic mass is 35.5. The first-order valence-electron chi connectivity index (χ1n) is 9.09. The van der Waals surface area contributed by atoms with Crippen LogP contribution in [0, 0.1) is 0 Å². The third kappa shape index (κ3) is 10.1. The average Bonchev–Trinajstić information content (AvgIpc) is 2.57. The van der Waals surface area contributed by atoms with Gasteiger partial charge in [0.25, 0.3) is 0 Å². The summed E-state index contributed by atoms with van der Waals surface area (Å²) in [5.74, 6) is 0.733. The van der Waals surface area contributed by atoms with E-state index in [1.54, 1.807) is 24.1 Å². The second kappa shape index (κ2) is 12.1. The van der Waals surface area contributed by atoms with Crippen LogP contribution >= 0.6 is 35.1 Å². The molecule has 1 aromatic carbocycles. The van der Waals surface area contributed by atoms with Gasteiger partial charge in [-0.25, -0.2) is 0 Å². The maximum Gasteiger partial charge on any atom is 0.125 e. The standard InChI is InChI=1S/C14H19Cl2NOS.C6H13N/c1-5-6-18-13-8-12(16)11(15)7-10(13)9-17-19-14(2,3)4;1-6-4-2-3-5-7-6/h5,7-8,17H,1,6,9H2,2-4H3;6-7H,2-5H2,1H3. The topological polar surface area (TPSA) is 33.3 Å². The van der Waals surface area contributed by atoms with Crippen LogP contribution in [0.3, 0.4) is 0 Å². The largest absolute Gasteiger partial charge is 0.489 e. The summed E-state index contributed by atoms with van der Waals surface area (Å²) >= 11 is 13.7. The van der Waals surface area contributed by atoms with Crippen molar-refractivity contribution in [3.8, 4) is 5.75 Å². The van der Waals surface area contributed by atoms with Crippen LogP contribution in [0.25, 0.3) is 0 Å². The van der Waals surface area contributed by atoms with E-state index >= 15 is 0 Å². The average molecular weight is 419 g/mol. The minimum absolute atomic E-state index is 0.151. The molecule has 3 nitrogen and oxygen atoms in total. The van der Waals surface area contributed by atoms with E-state index in [1.807, 2.05) is 6.07 Å². The molecule has 0 aromatic heterocycles. The molecule has 0 spiro atoms. The number of piperidine rings is 1. The van der Waals surface area contributed by atoms with Crippen molar-refractivity contribution in [1.29, 1.82) is 0 Å². The molecule has 1 aliphatic heterocycles. The minimum atomic E-state index is 0.151. The number of rotatable bonds is 6. The zero-order valence-corrected chi connectivity index (χ0v) is 18.7. The summed E-state index contributed by atoms with van der Waals surface area (Å²) in [6.07, 6.45) is 5.88. The lowest BCUT2D eigenvalue weighted by molar-refractivity contribution is 0.359. The molecule has 1 aliphatic rings. The zero-order chi connectivity index (χ0) is 19.6. The third-order valence-electron chi connectivity index (χ3n) is 3.66. The lowest BCUT2D eigenvalue weighted by Gasteiger charge is -2.19. The third-order valence-corrected chi connectivity index (χ3v) is 5.28. The molecule has 1 fully saturated rings. The highest BCUT2D eigenvalue weighted by Gasteiger charge is 2.13. The summed E-state index contributed by atoms with van der Waals surface area (Å²) in [6, 6.07) is 4.36. The van der Waals surface area contributed by atoms with Gasteiger partial charge in [0.05, 0.1) is 10.0 Å². The first kappa shape index (κ1) is 23.6. The highest BCUT2D eigenvalue weighted by Crippen LogP contribution is 2.31. The Kier molecular flexibility index (Phi) is 11.0. The van der Waals surface area contributed by atoms with Crippen molar-refractivity contribution < 1.29 is 4.74 Å². The van der Waals surface area contributed by atoms with Crippen LogP contribution in [-0.2, 0) is 6.54 Å². The van der Waals surface area contributed by atoms with Gasteiger partial charge in [-0.2, -0.15) is 0 Å². The molecule has 1 heterocycles. The van der Waals surface area contributed by atoms with E-state index < -0.39 is 0 Å². The number of nitrogens with one attached hydrogen (secondary N) is 2. The van der Waals surface area contributed by atoms with Crippen molar-refractivity contribution in [1.82, 2.24) is 10.0 Å². The minimum Gasteiger partial charge on any atom is -0.489 e. The van der Waals surface area contributed by atoms with E-state index in [4.69, 9.17) is 27.9 Å². The van der Waals surface area contributed by atoms with Gasteiger partial charge in [-0.05, 0) is 53.1 Å². The van der Waals surface area contributed by atoms with E-state index in [9.17, 15) is 0 Å². The Labute approximate surface area is 173 Å². The summed E-state index contributed by atoms with van der Waals surface area (Å²) in [4.78, 5) is 0. The first-order valence-corrected chi connectivity index (χ1v) is 10.7. The van der Waals surface area contributed by atoms with Crippen LogP contribution in [0.2, 0.25) is 10.0 Å². The molecule has 2 rings (SSSR count). The number of ether oxygens (including phenoxy) is 1. The second-order valence-corrected chi connectivity index (χ2v) is 9.89. The van der Waals surface area contributed by atoms with Gasteiger partial charge in [0.1, 0.15) is 12.4 Å². The van der Waals surface area contributed by atoms with Crippen molar-refractivity contribution >= 4 is 35.1 Å². The normalized spacial score (nSPS) is 17.2. The summed E-state index contributed by atoms with van der Waals surface area (Å²) in [5, 5.41) is 4.41. The van der Waals surface area contributed by atoms with Crippen LogP contribution in [0.5, 0.6) is 5.75 Å². The molecule has 1 saturated heterocycles. The number of halogens is 2. The Hall–Kier alpha value is -0.390. The van der Waals surface area contributed by atoms with Crippen molar-refractivity contribution in [3.63, 3.8) is 0 Å². The lowest BCUT2D eigenvalue weighted by atomic mass is 10.1. The second-order valence-electron chi connectivity index (χ2n) is 7.36. The fraction of sp³-hybridized carbons (Fsp3) is 0.600. The molecule has 0 bridgehead atoms. The maximum atomic E-state index is 6.05. The van der Waals surface area contributed by atoms with Crippen LogP contribution in [0.15, 0.2) is 24.8 Å². The predicted molar refractivity (Wildman–Crippen MR) is 118 cm³/mol. The van der Waals surface area contributed by atoms with E-state index in [0.717, 1.165) is 17.4 Å². The van der Waals surface area contributed by atoms with E-state index in [2.05, 4.69) is 44.3 Å². The van der Waals surface area contributed by atoms with Crippen molar-refractivity contribution in [3.05, 3.63) is 40.4 Å². The summed E-state index contributed by atoms with van der Waals surface area (Å²) in [5.41, 5.74) is 0.980. The predicted octanol–water partition coefficient (Wildman–Crippen LogP) is 6.24. The van der Waals surface area contributed by atoms with Gasteiger partial charge < -0.3 is 10.1 Å². The van der Waals surface area contributed by atoms with E-state index in [0.29, 0.717) is 23.2 Å². The molecule has 0 radical (unpaired) electrons. The fourth-order valence-electron chi connectivity index (χ4n) is 2.35. The Morgan fingerprint density at radius 3 is 2.50 bits per heavy atom. The van der Waals surface area contributed by atoms with Crippen molar-refractivity contribution in [2.45, 2.75) is 64.3 Å². The molecular formula is C20H32Cl2N2OS. The van der Waals surface area contributed by atoms with Gasteiger partial charge in [0.15, 0.2) is 0 Å². The van der Waals surface area contributed by atoms with E-state index in [1.165, 1.54) is 25.8 Å². The Morgan fingerprint density at radius 2 is 2.00 bits per heavy atom. The smallest absolute Gasteiger partial charge is 0.125 e. The SMILES string of the molecule is C=CCOc1cc(Cl)c(Cl)cc1CNSC(C)(C)C.CC1CCCCN1. The van der Waals surface area contributed by atoms with Crippen LogP contribution < -0.4 is 14.8 Å². The molecule has 0 amide bonds. The van der Waals surface area contributed by atoms with Gasteiger partial charge in [0, 0.05) is 29.0 Å². The Balaban J connectivity index is 0.000000401. The van der Waals surface area contributed by atoms with Crippen molar-refractivity contribution in [2.24, 2.45) is 0 Å². The number of benzene rings is 1. The van der Waals surface area contributed by atoms with Gasteiger partial charge in [-0.3, -0.25) is 4.72 Å². The highest BCUT2D eigenvalue weighted by molar-refractivity contribution is 7.98. The van der Waals surface area contributed by atoms with Crippen LogP contribution in [0.4, 0.5) is 0 Å². The molecule has 2 N–H and O–H groups in total. The molecule has 0 saturated carbocycles. The van der Waals surface area contributed by atoms with E-state index in [-0.39, 0.29) is 4.75 Å². The van der Waals surface area contributed by atoms with Gasteiger partial charge in [-0.1, -0.05) is 54.2 Å². The number of hydrogen-bond acceptors (Lipinski definition) is 4. The fourth-order valence-corrected chi connectivity index (χ4v) is 3.35. The first-order chi connectivity index (χ1) is 12.2. The molecule has 148 valence electrons.